The van der Waals surface area contributed by atoms with E-state index in [-0.39, 0.29) is 12.1 Å². The molecule has 0 aliphatic carbocycles. The Hall–Kier alpha value is -1.36. The van der Waals surface area contributed by atoms with Crippen molar-refractivity contribution in [1.29, 1.82) is 0 Å². The van der Waals surface area contributed by atoms with Gasteiger partial charge >= 0.3 is 13.5 Å². The predicted octanol–water partition coefficient (Wildman–Crippen LogP) is -2.00. The zero-order valence-electron chi connectivity index (χ0n) is 10.9. The molecule has 0 aromatic carbocycles. The fraction of sp³-hybridized carbons (Fsp3) is 0.667. The summed E-state index contributed by atoms with van der Waals surface area (Å²) in [7, 11) is -4.68. The molecule has 2 rings (SSSR count). The van der Waals surface area contributed by atoms with E-state index in [2.05, 4.69) is 9.62 Å². The third-order valence-electron chi connectivity index (χ3n) is 2.90. The van der Waals surface area contributed by atoms with Gasteiger partial charge in [0.2, 0.25) is 0 Å². The quantitative estimate of drug-likeness (QED) is 0.458. The summed E-state index contributed by atoms with van der Waals surface area (Å²) in [5, 5.41) is 13.5. The number of hydrogen-bond acceptors (Lipinski definition) is 7. The number of hydrogen-bond donors (Lipinski definition) is 4. The molecule has 12 heteroatoms. The van der Waals surface area contributed by atoms with Gasteiger partial charge < -0.3 is 19.6 Å². The van der Waals surface area contributed by atoms with Gasteiger partial charge in [-0.1, -0.05) is 0 Å². The van der Waals surface area contributed by atoms with E-state index in [9.17, 15) is 19.3 Å². The number of phosphoric ester groups is 1. The maximum Gasteiger partial charge on any atom is 0.469 e. The molecule has 3 atom stereocenters. The summed E-state index contributed by atoms with van der Waals surface area (Å²) in [5.41, 5.74) is -1.39. The Balaban J connectivity index is 2.14. The Morgan fingerprint density at radius 1 is 1.52 bits per heavy atom. The molecule has 11 nitrogen and oxygen atoms in total. The molecule has 2 heterocycles. The summed E-state index contributed by atoms with van der Waals surface area (Å²) in [6.07, 6.45) is -3.12. The topological polar surface area (TPSA) is 164 Å². The molecule has 0 bridgehead atoms. The van der Waals surface area contributed by atoms with Gasteiger partial charge in [-0.15, -0.1) is 0 Å². The number of aromatic nitrogens is 3. The highest BCUT2D eigenvalue weighted by molar-refractivity contribution is 7.46. The molecule has 0 radical (unpaired) electrons. The minimum atomic E-state index is -4.68. The summed E-state index contributed by atoms with van der Waals surface area (Å²) in [6.45, 7) is 0.855. The molecule has 1 aliphatic rings. The summed E-state index contributed by atoms with van der Waals surface area (Å²) in [4.78, 5) is 42.1. The first kappa shape index (κ1) is 16.0. The summed E-state index contributed by atoms with van der Waals surface area (Å²) >= 11 is 0. The second-order valence-electron chi connectivity index (χ2n) is 4.51. The number of H-pyrrole nitrogens is 1. The number of nitrogens with zero attached hydrogens (tertiary/aromatic N) is 2. The van der Waals surface area contributed by atoms with Gasteiger partial charge in [0.1, 0.15) is 11.8 Å². The lowest BCUT2D eigenvalue weighted by atomic mass is 10.2. The van der Waals surface area contributed by atoms with E-state index in [0.29, 0.717) is 0 Å². The highest BCUT2D eigenvalue weighted by Crippen LogP contribution is 2.37. The molecule has 0 amide bonds. The van der Waals surface area contributed by atoms with E-state index in [1.165, 1.54) is 6.92 Å². The van der Waals surface area contributed by atoms with Crippen LogP contribution in [0.5, 0.6) is 0 Å². The zero-order valence-corrected chi connectivity index (χ0v) is 11.8. The van der Waals surface area contributed by atoms with Crippen molar-refractivity contribution in [1.82, 2.24) is 14.8 Å². The third-order valence-corrected chi connectivity index (χ3v) is 3.38. The number of ether oxygens (including phenoxy) is 1. The molecular weight excluding hydrogens is 309 g/mol. The van der Waals surface area contributed by atoms with E-state index in [1.54, 1.807) is 0 Å². The number of aromatic amines is 1. The first-order chi connectivity index (χ1) is 9.67. The van der Waals surface area contributed by atoms with Crippen LogP contribution >= 0.6 is 7.82 Å². The average Bonchev–Trinajstić information content (AvgIpc) is 2.72. The van der Waals surface area contributed by atoms with Crippen molar-refractivity contribution >= 4 is 7.82 Å². The molecule has 1 fully saturated rings. The number of rotatable bonds is 4. The van der Waals surface area contributed by atoms with E-state index in [0.717, 1.165) is 4.68 Å². The lowest BCUT2D eigenvalue weighted by Gasteiger charge is -2.15. The zero-order chi connectivity index (χ0) is 15.8. The molecule has 1 aliphatic heterocycles. The number of aliphatic hydroxyl groups is 1. The number of nitrogens with one attached hydrogen (secondary N) is 1. The molecular formula is C9H14N3O8P. The van der Waals surface area contributed by atoms with Crippen LogP contribution in [0.1, 0.15) is 18.3 Å². The molecule has 4 N–H and O–H groups in total. The maximum absolute atomic E-state index is 11.6. The van der Waals surface area contributed by atoms with Crippen molar-refractivity contribution in [3.63, 3.8) is 0 Å². The monoisotopic (exact) mass is 323 g/mol. The van der Waals surface area contributed by atoms with Gasteiger partial charge in [0, 0.05) is 6.42 Å². The first-order valence-electron chi connectivity index (χ1n) is 5.91. The molecule has 0 spiro atoms. The second kappa shape index (κ2) is 5.79. The van der Waals surface area contributed by atoms with Crippen LogP contribution < -0.4 is 11.2 Å². The van der Waals surface area contributed by atoms with Crippen molar-refractivity contribution < 1.29 is 28.7 Å². The van der Waals surface area contributed by atoms with Gasteiger partial charge in [-0.2, -0.15) is 9.78 Å². The predicted molar refractivity (Wildman–Crippen MR) is 66.4 cm³/mol. The van der Waals surface area contributed by atoms with Gasteiger partial charge in [-0.05, 0) is 6.92 Å². The van der Waals surface area contributed by atoms with Crippen molar-refractivity contribution in [2.75, 3.05) is 6.61 Å². The van der Waals surface area contributed by atoms with Crippen LogP contribution in [0.25, 0.3) is 0 Å². The lowest BCUT2D eigenvalue weighted by molar-refractivity contribution is -0.0499. The highest BCUT2D eigenvalue weighted by atomic mass is 31.2. The van der Waals surface area contributed by atoms with Crippen LogP contribution in [0.4, 0.5) is 0 Å². The molecule has 0 saturated carbocycles. The van der Waals surface area contributed by atoms with E-state index in [1.807, 2.05) is 4.98 Å². The summed E-state index contributed by atoms with van der Waals surface area (Å²) in [6, 6.07) is 0. The Bertz CT molecular complexity index is 678. The Morgan fingerprint density at radius 3 is 2.81 bits per heavy atom. The van der Waals surface area contributed by atoms with Crippen LogP contribution in [0.15, 0.2) is 9.59 Å². The highest BCUT2D eigenvalue weighted by Gasteiger charge is 2.37. The Morgan fingerprint density at radius 2 is 2.19 bits per heavy atom. The van der Waals surface area contributed by atoms with Crippen LogP contribution in [0.2, 0.25) is 0 Å². The normalized spacial score (nSPS) is 26.2. The molecule has 118 valence electrons. The van der Waals surface area contributed by atoms with E-state index < -0.39 is 44.1 Å². The fourth-order valence-corrected chi connectivity index (χ4v) is 2.22. The largest absolute Gasteiger partial charge is 0.469 e. The Kier molecular flexibility index (Phi) is 4.42. The molecule has 1 aromatic rings. The Labute approximate surface area is 117 Å². The second-order valence-corrected chi connectivity index (χ2v) is 5.75. The van der Waals surface area contributed by atoms with E-state index >= 15 is 0 Å². The standard InChI is InChI=1S/C9H14N3O8P/c1-4-8(14)10-9(15)12(11-4)7-2-5(13)6(20-7)3-19-21(16,17)18/h5-7,13H,2-3H2,1H3,(H,10,14,15)(H2,16,17,18)/t5-,6+,7+/m0/s1. The maximum atomic E-state index is 11.6. The van der Waals surface area contributed by atoms with Crippen molar-refractivity contribution in [3.8, 4) is 0 Å². The lowest BCUT2D eigenvalue weighted by Crippen LogP contribution is -2.36. The summed E-state index contributed by atoms with van der Waals surface area (Å²) in [5.74, 6) is 0. The fourth-order valence-electron chi connectivity index (χ4n) is 1.88. The molecule has 21 heavy (non-hydrogen) atoms. The van der Waals surface area contributed by atoms with Gasteiger partial charge in [0.05, 0.1) is 12.7 Å². The molecule has 0 unspecified atom stereocenters. The van der Waals surface area contributed by atoms with Crippen LogP contribution in [0.3, 0.4) is 0 Å². The van der Waals surface area contributed by atoms with Gasteiger partial charge in [-0.3, -0.25) is 14.3 Å². The number of aryl methyl sites for hydroxylation is 1. The minimum Gasteiger partial charge on any atom is -0.390 e. The summed E-state index contributed by atoms with van der Waals surface area (Å²) < 4.78 is 21.0. The molecule has 1 saturated heterocycles. The van der Waals surface area contributed by atoms with Gasteiger partial charge in [0.25, 0.3) is 5.56 Å². The van der Waals surface area contributed by atoms with Crippen LogP contribution in [-0.4, -0.2) is 48.5 Å². The third kappa shape index (κ3) is 3.84. The van der Waals surface area contributed by atoms with Crippen molar-refractivity contribution in [2.24, 2.45) is 0 Å². The van der Waals surface area contributed by atoms with Gasteiger partial charge in [0.15, 0.2) is 6.23 Å². The van der Waals surface area contributed by atoms with Gasteiger partial charge in [-0.25, -0.2) is 9.36 Å². The van der Waals surface area contributed by atoms with Crippen LogP contribution in [0, 0.1) is 6.92 Å². The SMILES string of the molecule is Cc1nn([C@H]2C[C@H](O)[C@@H](COP(=O)(O)O)O2)c(=O)[nH]c1=O. The van der Waals surface area contributed by atoms with Crippen molar-refractivity contribution in [2.45, 2.75) is 31.8 Å². The van der Waals surface area contributed by atoms with Crippen LogP contribution in [-0.2, 0) is 13.8 Å². The minimum absolute atomic E-state index is 0.0342. The number of phosphoric acid groups is 1. The smallest absolute Gasteiger partial charge is 0.390 e. The first-order valence-corrected chi connectivity index (χ1v) is 7.44. The molecule has 1 aromatic heterocycles. The number of aliphatic hydroxyl groups excluding tert-OH is 1. The van der Waals surface area contributed by atoms with E-state index in [4.69, 9.17) is 14.5 Å². The van der Waals surface area contributed by atoms with Crippen molar-refractivity contribution in [3.05, 3.63) is 26.5 Å². The average molecular weight is 323 g/mol.